The number of benzene rings is 1. The molecule has 4 aromatic rings. The van der Waals surface area contributed by atoms with E-state index in [2.05, 4.69) is 32.6 Å². The van der Waals surface area contributed by atoms with Gasteiger partial charge in [0.25, 0.3) is 11.5 Å². The number of hydrogen-bond acceptors (Lipinski definition) is 7. The highest BCUT2D eigenvalue weighted by atomic mass is 16.3. The Bertz CT molecular complexity index is 1570. The summed E-state index contributed by atoms with van der Waals surface area (Å²) in [6.07, 6.45) is 5.01. The molecule has 0 spiro atoms. The van der Waals surface area contributed by atoms with Gasteiger partial charge in [-0.1, -0.05) is 24.1 Å². The molecule has 1 amide bonds. The molecule has 10 heteroatoms. The van der Waals surface area contributed by atoms with Crippen molar-refractivity contribution in [2.45, 2.75) is 19.9 Å². The summed E-state index contributed by atoms with van der Waals surface area (Å²) in [5.74, 6) is 6.12. The van der Waals surface area contributed by atoms with Gasteiger partial charge >= 0.3 is 0 Å². The average molecular weight is 455 g/mol. The number of nitrogens with two attached hydrogens (primary N) is 1. The maximum absolute atomic E-state index is 13.6. The van der Waals surface area contributed by atoms with Crippen molar-refractivity contribution in [3.8, 4) is 17.5 Å². The third kappa shape index (κ3) is 3.40. The van der Waals surface area contributed by atoms with Crippen molar-refractivity contribution in [2.24, 2.45) is 0 Å². The van der Waals surface area contributed by atoms with Crippen LogP contribution in [0.15, 0.2) is 51.9 Å². The fourth-order valence-corrected chi connectivity index (χ4v) is 3.94. The monoisotopic (exact) mass is 455 g/mol. The van der Waals surface area contributed by atoms with Crippen LogP contribution in [0.3, 0.4) is 0 Å². The topological polar surface area (TPSA) is 133 Å². The number of nitrogens with zero attached hydrogens (tertiary/aromatic N) is 4. The zero-order valence-corrected chi connectivity index (χ0v) is 18.5. The summed E-state index contributed by atoms with van der Waals surface area (Å²) in [6, 6.07) is 8.40. The van der Waals surface area contributed by atoms with E-state index in [0.29, 0.717) is 29.4 Å². The Labute approximate surface area is 194 Å². The van der Waals surface area contributed by atoms with Crippen molar-refractivity contribution in [1.82, 2.24) is 24.6 Å². The predicted molar refractivity (Wildman–Crippen MR) is 128 cm³/mol. The summed E-state index contributed by atoms with van der Waals surface area (Å²) >= 11 is 0. The molecule has 34 heavy (non-hydrogen) atoms. The van der Waals surface area contributed by atoms with Crippen LogP contribution in [0.25, 0.3) is 23.0 Å². The van der Waals surface area contributed by atoms with Crippen molar-refractivity contribution >= 4 is 34.8 Å². The number of hydrogen-bond donors (Lipinski definition) is 3. The average Bonchev–Trinajstić information content (AvgIpc) is 3.39. The number of para-hydroxylation sites is 1. The first kappa shape index (κ1) is 21.1. The van der Waals surface area contributed by atoms with Crippen molar-refractivity contribution in [1.29, 1.82) is 0 Å². The van der Waals surface area contributed by atoms with Crippen LogP contribution in [0.5, 0.6) is 0 Å². The molecule has 1 aromatic carbocycles. The maximum Gasteiger partial charge on any atom is 0.270 e. The zero-order chi connectivity index (χ0) is 23.8. The highest BCUT2D eigenvalue weighted by Crippen LogP contribution is 2.26. The summed E-state index contributed by atoms with van der Waals surface area (Å²) in [4.78, 5) is 31.4. The van der Waals surface area contributed by atoms with E-state index in [4.69, 9.17) is 10.2 Å². The summed E-state index contributed by atoms with van der Waals surface area (Å²) < 4.78 is 8.52. The molecule has 1 aliphatic rings. The number of nitrogen functional groups attached to an aromatic ring is 1. The largest absolute Gasteiger partial charge is 0.445 e. The fraction of sp³-hybridized carbons (Fsp3) is 0.167. The number of aromatic nitrogens is 4. The van der Waals surface area contributed by atoms with E-state index in [-0.39, 0.29) is 28.0 Å². The third-order valence-electron chi connectivity index (χ3n) is 5.44. The van der Waals surface area contributed by atoms with Gasteiger partial charge in [-0.2, -0.15) is 4.98 Å². The van der Waals surface area contributed by atoms with Gasteiger partial charge in [0, 0.05) is 12.7 Å². The quantitative estimate of drug-likeness (QED) is 0.403. The van der Waals surface area contributed by atoms with Crippen LogP contribution in [-0.2, 0) is 0 Å². The first-order valence-corrected chi connectivity index (χ1v) is 10.6. The Morgan fingerprint density at radius 1 is 1.32 bits per heavy atom. The second-order valence-corrected chi connectivity index (χ2v) is 7.66. The molecule has 170 valence electrons. The van der Waals surface area contributed by atoms with Crippen molar-refractivity contribution in [3.63, 3.8) is 0 Å². The zero-order valence-electron chi connectivity index (χ0n) is 18.5. The van der Waals surface area contributed by atoms with Gasteiger partial charge in [-0.15, -0.1) is 11.0 Å². The molecule has 3 aromatic heterocycles. The lowest BCUT2D eigenvalue weighted by atomic mass is 10.2. The van der Waals surface area contributed by atoms with Crippen molar-refractivity contribution in [3.05, 3.63) is 70.0 Å². The molecular formula is C24H21N7O3. The number of carbonyl (C=O) groups is 1. The minimum absolute atomic E-state index is 0.0939. The second-order valence-electron chi connectivity index (χ2n) is 7.66. The van der Waals surface area contributed by atoms with E-state index in [9.17, 15) is 9.59 Å². The van der Waals surface area contributed by atoms with Gasteiger partial charge in [0.15, 0.2) is 5.82 Å². The normalized spacial score (nSPS) is 13.0. The van der Waals surface area contributed by atoms with E-state index in [1.807, 2.05) is 24.3 Å². The maximum atomic E-state index is 13.6. The number of furan rings is 1. The summed E-state index contributed by atoms with van der Waals surface area (Å²) in [5, 5.41) is 10.5. The molecule has 1 atom stereocenters. The lowest BCUT2D eigenvalue weighted by molar-refractivity contribution is 0.0939. The molecule has 0 saturated carbocycles. The highest BCUT2D eigenvalue weighted by molar-refractivity contribution is 6.04. The molecule has 0 bridgehead atoms. The molecule has 0 fully saturated rings. The highest BCUT2D eigenvalue weighted by Gasteiger charge is 2.27. The minimum Gasteiger partial charge on any atom is -0.445 e. The molecule has 1 aliphatic heterocycles. The van der Waals surface area contributed by atoms with Gasteiger partial charge < -0.3 is 20.8 Å². The van der Waals surface area contributed by atoms with Gasteiger partial charge in [0.1, 0.15) is 28.9 Å². The SMILES string of the molecule is CC#Cc1coc2nc(C(C)NC(=O)c3c(N)nn4c3NCC=C4)n(-c3ccccc3)c(=O)c12. The lowest BCUT2D eigenvalue weighted by Crippen LogP contribution is -2.33. The Morgan fingerprint density at radius 3 is 2.88 bits per heavy atom. The number of anilines is 2. The first-order chi connectivity index (χ1) is 16.5. The molecule has 0 aliphatic carbocycles. The summed E-state index contributed by atoms with van der Waals surface area (Å²) in [5.41, 5.74) is 7.12. The number of carbonyl (C=O) groups excluding carboxylic acids is 1. The Kier molecular flexibility index (Phi) is 5.14. The first-order valence-electron chi connectivity index (χ1n) is 10.6. The lowest BCUT2D eigenvalue weighted by Gasteiger charge is -2.19. The number of nitrogens with one attached hydrogen (secondary N) is 2. The predicted octanol–water partition coefficient (Wildman–Crippen LogP) is 2.52. The molecule has 0 saturated heterocycles. The molecule has 4 heterocycles. The van der Waals surface area contributed by atoms with Crippen LogP contribution in [0, 0.1) is 11.8 Å². The van der Waals surface area contributed by atoms with E-state index < -0.39 is 11.9 Å². The number of fused-ring (bicyclic) bond motifs is 2. The van der Waals surface area contributed by atoms with Crippen molar-refractivity contribution < 1.29 is 9.21 Å². The molecule has 5 rings (SSSR count). The van der Waals surface area contributed by atoms with Crippen LogP contribution < -0.4 is 21.9 Å². The Morgan fingerprint density at radius 2 is 2.12 bits per heavy atom. The second kappa shape index (κ2) is 8.29. The smallest absolute Gasteiger partial charge is 0.270 e. The van der Waals surface area contributed by atoms with E-state index >= 15 is 0 Å². The van der Waals surface area contributed by atoms with Gasteiger partial charge in [-0.3, -0.25) is 14.2 Å². The third-order valence-corrected chi connectivity index (χ3v) is 5.44. The van der Waals surface area contributed by atoms with Gasteiger partial charge in [-0.25, -0.2) is 4.68 Å². The van der Waals surface area contributed by atoms with Crippen molar-refractivity contribution in [2.75, 3.05) is 17.6 Å². The fourth-order valence-electron chi connectivity index (χ4n) is 3.94. The molecule has 1 unspecified atom stereocenters. The van der Waals surface area contributed by atoms with Gasteiger partial charge in [-0.05, 0) is 32.1 Å². The minimum atomic E-state index is -0.676. The van der Waals surface area contributed by atoms with E-state index in [0.717, 1.165) is 0 Å². The standard InChI is InChI=1S/C24H21N7O3/c1-3-8-15-13-34-23-17(15)24(33)31(16-9-5-4-6-10-16)20(28-23)14(2)27-22(32)18-19(25)29-30-12-7-11-26-21(18)30/h4-7,9-10,12-14,26H,11H2,1-2H3,(H2,25,29)(H,27,32). The molecule has 0 radical (unpaired) electrons. The Hall–Kier alpha value is -4.78. The molecular weight excluding hydrogens is 434 g/mol. The van der Waals surface area contributed by atoms with Crippen LogP contribution in [-0.4, -0.2) is 31.8 Å². The Balaban J connectivity index is 1.61. The van der Waals surface area contributed by atoms with E-state index in [1.54, 1.807) is 32.2 Å². The van der Waals surface area contributed by atoms with Crippen LogP contribution in [0.4, 0.5) is 11.6 Å². The summed E-state index contributed by atoms with van der Waals surface area (Å²) in [6.45, 7) is 3.97. The van der Waals surface area contributed by atoms with E-state index in [1.165, 1.54) is 15.5 Å². The van der Waals surface area contributed by atoms with Crippen LogP contribution in [0.1, 0.15) is 41.6 Å². The summed E-state index contributed by atoms with van der Waals surface area (Å²) in [7, 11) is 0. The molecule has 10 nitrogen and oxygen atoms in total. The number of amides is 1. The van der Waals surface area contributed by atoms with Crippen LogP contribution in [0.2, 0.25) is 0 Å². The van der Waals surface area contributed by atoms with Gasteiger partial charge in [0.2, 0.25) is 5.71 Å². The molecule has 4 N–H and O–H groups in total. The van der Waals surface area contributed by atoms with Gasteiger partial charge in [0.05, 0.1) is 17.3 Å². The number of rotatable bonds is 4. The van der Waals surface area contributed by atoms with Crippen LogP contribution >= 0.6 is 0 Å².